The van der Waals surface area contributed by atoms with Crippen LogP contribution in [0.15, 0.2) is 24.3 Å². The number of benzene rings is 1. The lowest BCUT2D eigenvalue weighted by molar-refractivity contribution is 0.0533. The fourth-order valence-corrected chi connectivity index (χ4v) is 2.58. The predicted molar refractivity (Wildman–Crippen MR) is 73.1 cm³/mol. The number of hydrogen-bond acceptors (Lipinski definition) is 3. The smallest absolute Gasteiger partial charge is 0.251 e. The third kappa shape index (κ3) is 3.47. The summed E-state index contributed by atoms with van der Waals surface area (Å²) in [6, 6.07) is 6.39. The fourth-order valence-electron chi connectivity index (χ4n) is 2.58. The van der Waals surface area contributed by atoms with Gasteiger partial charge in [-0.1, -0.05) is 19.9 Å². The first-order valence-electron chi connectivity index (χ1n) is 6.76. The molecule has 104 valence electrons. The molecule has 1 aromatic rings. The minimum Gasteiger partial charge on any atom is -0.508 e. The van der Waals surface area contributed by atoms with E-state index in [1.165, 1.54) is 6.07 Å². The van der Waals surface area contributed by atoms with Gasteiger partial charge in [-0.2, -0.15) is 0 Å². The molecular formula is C15H21NO3. The first-order valence-corrected chi connectivity index (χ1v) is 6.76. The van der Waals surface area contributed by atoms with E-state index in [0.717, 1.165) is 13.0 Å². The number of rotatable bonds is 4. The molecule has 0 bridgehead atoms. The molecule has 0 radical (unpaired) electrons. The lowest BCUT2D eigenvalue weighted by Crippen LogP contribution is -2.34. The molecule has 1 fully saturated rings. The maximum absolute atomic E-state index is 12.0. The van der Waals surface area contributed by atoms with E-state index < -0.39 is 0 Å². The molecule has 1 aliphatic rings. The van der Waals surface area contributed by atoms with E-state index in [0.29, 0.717) is 23.9 Å². The average molecular weight is 263 g/mol. The molecule has 4 nitrogen and oxygen atoms in total. The van der Waals surface area contributed by atoms with Gasteiger partial charge in [-0.3, -0.25) is 4.79 Å². The molecule has 0 aromatic heterocycles. The van der Waals surface area contributed by atoms with E-state index in [2.05, 4.69) is 19.2 Å². The van der Waals surface area contributed by atoms with Crippen molar-refractivity contribution in [2.24, 2.45) is 11.8 Å². The first-order chi connectivity index (χ1) is 9.08. The number of hydrogen-bond donors (Lipinski definition) is 2. The van der Waals surface area contributed by atoms with Gasteiger partial charge in [0.05, 0.1) is 6.10 Å². The second-order valence-corrected chi connectivity index (χ2v) is 5.39. The van der Waals surface area contributed by atoms with Crippen molar-refractivity contribution in [1.82, 2.24) is 5.32 Å². The lowest BCUT2D eigenvalue weighted by atomic mass is 9.93. The Labute approximate surface area is 113 Å². The standard InChI is InChI=1S/C15H21NO3/c1-10(2)14-12(6-7-19-14)9-16-15(18)11-4-3-5-13(17)8-11/h3-5,8,10,12,14,17H,6-7,9H2,1-2H3,(H,16,18)/t12-,14+/m0/s1. The number of amides is 1. The summed E-state index contributed by atoms with van der Waals surface area (Å²) < 4.78 is 5.69. The van der Waals surface area contributed by atoms with E-state index in [9.17, 15) is 9.90 Å². The number of phenols is 1. The summed E-state index contributed by atoms with van der Waals surface area (Å²) in [5.41, 5.74) is 0.486. The van der Waals surface area contributed by atoms with E-state index in [-0.39, 0.29) is 17.8 Å². The molecular weight excluding hydrogens is 242 g/mol. The maximum Gasteiger partial charge on any atom is 0.251 e. The summed E-state index contributed by atoms with van der Waals surface area (Å²) in [7, 11) is 0. The Kier molecular flexibility index (Phi) is 4.43. The molecule has 19 heavy (non-hydrogen) atoms. The van der Waals surface area contributed by atoms with Crippen molar-refractivity contribution in [3.05, 3.63) is 29.8 Å². The van der Waals surface area contributed by atoms with Gasteiger partial charge >= 0.3 is 0 Å². The van der Waals surface area contributed by atoms with Crippen LogP contribution < -0.4 is 5.32 Å². The van der Waals surface area contributed by atoms with Gasteiger partial charge in [-0.05, 0) is 30.5 Å². The highest BCUT2D eigenvalue weighted by molar-refractivity contribution is 5.94. The third-order valence-electron chi connectivity index (χ3n) is 3.55. The van der Waals surface area contributed by atoms with Gasteiger partial charge in [0.1, 0.15) is 5.75 Å². The van der Waals surface area contributed by atoms with Crippen molar-refractivity contribution in [3.63, 3.8) is 0 Å². The number of ether oxygens (including phenoxy) is 1. The molecule has 2 N–H and O–H groups in total. The van der Waals surface area contributed by atoms with Crippen LogP contribution in [-0.2, 0) is 4.74 Å². The van der Waals surface area contributed by atoms with Crippen LogP contribution in [0.2, 0.25) is 0 Å². The molecule has 4 heteroatoms. The van der Waals surface area contributed by atoms with E-state index in [1.54, 1.807) is 18.2 Å². The Balaban J connectivity index is 1.90. The molecule has 1 amide bonds. The van der Waals surface area contributed by atoms with Gasteiger partial charge in [-0.15, -0.1) is 0 Å². The second kappa shape index (κ2) is 6.06. The summed E-state index contributed by atoms with van der Waals surface area (Å²) >= 11 is 0. The number of nitrogens with one attached hydrogen (secondary N) is 1. The van der Waals surface area contributed by atoms with Crippen molar-refractivity contribution in [1.29, 1.82) is 0 Å². The highest BCUT2D eigenvalue weighted by Gasteiger charge is 2.30. The van der Waals surface area contributed by atoms with Gasteiger partial charge in [0.2, 0.25) is 0 Å². The highest BCUT2D eigenvalue weighted by atomic mass is 16.5. The lowest BCUT2D eigenvalue weighted by Gasteiger charge is -2.22. The van der Waals surface area contributed by atoms with Crippen molar-refractivity contribution in [2.45, 2.75) is 26.4 Å². The van der Waals surface area contributed by atoms with Crippen LogP contribution >= 0.6 is 0 Å². The minimum atomic E-state index is -0.148. The molecule has 0 saturated carbocycles. The van der Waals surface area contributed by atoms with Crippen molar-refractivity contribution < 1.29 is 14.6 Å². The molecule has 0 unspecified atom stereocenters. The van der Waals surface area contributed by atoms with Crippen LogP contribution in [0.1, 0.15) is 30.6 Å². The zero-order valence-electron chi connectivity index (χ0n) is 11.4. The number of phenolic OH excluding ortho intramolecular Hbond substituents is 1. The van der Waals surface area contributed by atoms with E-state index in [1.807, 2.05) is 0 Å². The van der Waals surface area contributed by atoms with Crippen molar-refractivity contribution in [3.8, 4) is 5.75 Å². The SMILES string of the molecule is CC(C)[C@H]1OCC[C@H]1CNC(=O)c1cccc(O)c1. The van der Waals surface area contributed by atoms with E-state index in [4.69, 9.17) is 4.74 Å². The first kappa shape index (κ1) is 13.9. The van der Waals surface area contributed by atoms with Crippen LogP contribution in [-0.4, -0.2) is 30.3 Å². The van der Waals surface area contributed by atoms with Gasteiger partial charge in [0, 0.05) is 24.6 Å². The van der Waals surface area contributed by atoms with Crippen LogP contribution in [0, 0.1) is 11.8 Å². The maximum atomic E-state index is 12.0. The Morgan fingerprint density at radius 2 is 2.32 bits per heavy atom. The summed E-state index contributed by atoms with van der Waals surface area (Å²) in [6.45, 7) is 5.67. The predicted octanol–water partition coefficient (Wildman–Crippen LogP) is 2.18. The number of carbonyl (C=O) groups is 1. The quantitative estimate of drug-likeness (QED) is 0.875. The molecule has 1 aliphatic heterocycles. The monoisotopic (exact) mass is 263 g/mol. The number of aromatic hydroxyl groups is 1. The molecule has 0 aliphatic carbocycles. The van der Waals surface area contributed by atoms with Gasteiger partial charge in [-0.25, -0.2) is 0 Å². The Bertz CT molecular complexity index is 445. The topological polar surface area (TPSA) is 58.6 Å². The van der Waals surface area contributed by atoms with Gasteiger partial charge in [0.25, 0.3) is 5.91 Å². The van der Waals surface area contributed by atoms with Crippen LogP contribution in [0.4, 0.5) is 0 Å². The van der Waals surface area contributed by atoms with E-state index >= 15 is 0 Å². The molecule has 1 aromatic carbocycles. The zero-order valence-corrected chi connectivity index (χ0v) is 11.4. The Morgan fingerprint density at radius 1 is 1.53 bits per heavy atom. The zero-order chi connectivity index (χ0) is 13.8. The summed E-state index contributed by atoms with van der Waals surface area (Å²) in [4.78, 5) is 12.0. The molecule has 1 heterocycles. The molecule has 2 atom stereocenters. The van der Waals surface area contributed by atoms with Crippen LogP contribution in [0.3, 0.4) is 0 Å². The van der Waals surface area contributed by atoms with Crippen molar-refractivity contribution in [2.75, 3.05) is 13.2 Å². The fraction of sp³-hybridized carbons (Fsp3) is 0.533. The summed E-state index contributed by atoms with van der Waals surface area (Å²) in [6.07, 6.45) is 1.22. The Morgan fingerprint density at radius 3 is 3.00 bits per heavy atom. The minimum absolute atomic E-state index is 0.108. The second-order valence-electron chi connectivity index (χ2n) is 5.39. The highest BCUT2D eigenvalue weighted by Crippen LogP contribution is 2.26. The van der Waals surface area contributed by atoms with Crippen LogP contribution in [0.25, 0.3) is 0 Å². The number of carbonyl (C=O) groups excluding carboxylic acids is 1. The largest absolute Gasteiger partial charge is 0.508 e. The average Bonchev–Trinajstić information content (AvgIpc) is 2.84. The summed E-state index contributed by atoms with van der Waals surface area (Å²) in [5, 5.41) is 12.3. The molecule has 0 spiro atoms. The molecule has 1 saturated heterocycles. The van der Waals surface area contributed by atoms with Gasteiger partial charge < -0.3 is 15.2 Å². The Hall–Kier alpha value is -1.55. The normalized spacial score (nSPS) is 22.7. The van der Waals surface area contributed by atoms with Gasteiger partial charge in [0.15, 0.2) is 0 Å². The van der Waals surface area contributed by atoms with Crippen LogP contribution in [0.5, 0.6) is 5.75 Å². The van der Waals surface area contributed by atoms with Crippen molar-refractivity contribution >= 4 is 5.91 Å². The summed E-state index contributed by atoms with van der Waals surface area (Å²) in [5.74, 6) is 0.800. The third-order valence-corrected chi connectivity index (χ3v) is 3.55. The molecule has 2 rings (SSSR count).